The van der Waals surface area contributed by atoms with Gasteiger partial charge < -0.3 is 15.1 Å². The normalized spacial score (nSPS) is 13.3. The molecule has 154 valence electrons. The zero-order chi connectivity index (χ0) is 20.2. The number of aliphatic imine (C=N–C) groups is 1. The van der Waals surface area contributed by atoms with Crippen molar-refractivity contribution in [3.63, 3.8) is 0 Å². The minimum absolute atomic E-state index is 0.00589. The molecule has 0 bridgehead atoms. The van der Waals surface area contributed by atoms with Crippen LogP contribution in [0.15, 0.2) is 63.0 Å². The maximum absolute atomic E-state index is 11.4. The monoisotopic (exact) mass is 423 g/mol. The molecule has 0 saturated carbocycles. The van der Waals surface area contributed by atoms with E-state index in [4.69, 9.17) is 4.42 Å². The summed E-state index contributed by atoms with van der Waals surface area (Å²) >= 11 is 1.78. The first-order chi connectivity index (χ1) is 13.4. The fraction of sp³-hybridized carbons (Fsp3) is 0.450. The molecule has 2 aromatic rings. The van der Waals surface area contributed by atoms with E-state index in [1.165, 1.54) is 11.2 Å². The van der Waals surface area contributed by atoms with Crippen LogP contribution >= 0.6 is 11.8 Å². The summed E-state index contributed by atoms with van der Waals surface area (Å²) in [6, 6.07) is 14.1. The fourth-order valence-corrected chi connectivity index (χ4v) is 4.01. The van der Waals surface area contributed by atoms with Crippen LogP contribution in [0, 0.1) is 0 Å². The van der Waals surface area contributed by atoms with Crippen LogP contribution in [0.5, 0.6) is 0 Å². The number of sulfone groups is 1. The number of rotatable bonds is 11. The molecule has 0 spiro atoms. The molecule has 1 aromatic heterocycles. The van der Waals surface area contributed by atoms with Crippen molar-refractivity contribution in [2.75, 3.05) is 30.9 Å². The van der Waals surface area contributed by atoms with E-state index in [0.29, 0.717) is 18.9 Å². The van der Waals surface area contributed by atoms with Crippen LogP contribution in [0.2, 0.25) is 0 Å². The van der Waals surface area contributed by atoms with E-state index in [0.717, 1.165) is 24.5 Å². The molecule has 8 heteroatoms. The standard InChI is InChI=1S/C20H29N3O3S2/c1-17(11-16-28(2,24)25)23-20(21-12-10-18-7-6-14-26-18)22-13-15-27-19-8-4-3-5-9-19/h3-9,14,17H,10-13,15-16H2,1-2H3,(H2,21,22,23). The number of thioether (sulfide) groups is 1. The second-order valence-corrected chi connectivity index (χ2v) is 10.0. The number of nitrogens with zero attached hydrogens (tertiary/aromatic N) is 1. The third kappa shape index (κ3) is 9.85. The summed E-state index contributed by atoms with van der Waals surface area (Å²) in [6.07, 6.45) is 4.18. The Bertz CT molecular complexity index is 806. The number of guanidine groups is 1. The summed E-state index contributed by atoms with van der Waals surface area (Å²) in [5.74, 6) is 2.65. The van der Waals surface area contributed by atoms with Gasteiger partial charge in [-0.05, 0) is 37.6 Å². The van der Waals surface area contributed by atoms with Crippen LogP contribution in [0.25, 0.3) is 0 Å². The molecule has 0 aliphatic rings. The van der Waals surface area contributed by atoms with E-state index in [2.05, 4.69) is 27.8 Å². The maximum Gasteiger partial charge on any atom is 0.191 e. The van der Waals surface area contributed by atoms with Gasteiger partial charge >= 0.3 is 0 Å². The van der Waals surface area contributed by atoms with E-state index < -0.39 is 9.84 Å². The molecule has 0 aliphatic carbocycles. The van der Waals surface area contributed by atoms with E-state index in [9.17, 15) is 8.42 Å². The largest absolute Gasteiger partial charge is 0.469 e. The van der Waals surface area contributed by atoms with Gasteiger partial charge in [0.1, 0.15) is 15.6 Å². The van der Waals surface area contributed by atoms with Gasteiger partial charge in [0.25, 0.3) is 0 Å². The lowest BCUT2D eigenvalue weighted by molar-refractivity contribution is 0.510. The number of hydrogen-bond donors (Lipinski definition) is 2. The predicted molar refractivity (Wildman–Crippen MR) is 117 cm³/mol. The Hall–Kier alpha value is -1.93. The van der Waals surface area contributed by atoms with Crippen LogP contribution in [-0.2, 0) is 16.3 Å². The molecule has 1 atom stereocenters. The summed E-state index contributed by atoms with van der Waals surface area (Å²) in [5, 5.41) is 6.64. The van der Waals surface area contributed by atoms with Gasteiger partial charge in [-0.1, -0.05) is 18.2 Å². The molecule has 1 aromatic carbocycles. The zero-order valence-corrected chi connectivity index (χ0v) is 18.1. The van der Waals surface area contributed by atoms with Crippen LogP contribution in [0.3, 0.4) is 0 Å². The summed E-state index contributed by atoms with van der Waals surface area (Å²) in [6.45, 7) is 3.31. The lowest BCUT2D eigenvalue weighted by atomic mass is 10.3. The Morgan fingerprint density at radius 3 is 2.68 bits per heavy atom. The van der Waals surface area contributed by atoms with E-state index >= 15 is 0 Å². The average Bonchev–Trinajstić information content (AvgIpc) is 3.17. The first-order valence-corrected chi connectivity index (χ1v) is 12.4. The summed E-state index contributed by atoms with van der Waals surface area (Å²) < 4.78 is 28.1. The summed E-state index contributed by atoms with van der Waals surface area (Å²) in [7, 11) is -2.97. The lowest BCUT2D eigenvalue weighted by Gasteiger charge is -2.18. The van der Waals surface area contributed by atoms with Gasteiger partial charge in [0.05, 0.1) is 12.0 Å². The Balaban J connectivity index is 1.83. The summed E-state index contributed by atoms with van der Waals surface area (Å²) in [5.41, 5.74) is 0. The molecule has 6 nitrogen and oxygen atoms in total. The number of benzene rings is 1. The third-order valence-corrected chi connectivity index (χ3v) is 5.91. The Morgan fingerprint density at radius 1 is 1.21 bits per heavy atom. The molecular formula is C20H29N3O3S2. The van der Waals surface area contributed by atoms with Crippen molar-refractivity contribution >= 4 is 27.6 Å². The molecular weight excluding hydrogens is 394 g/mol. The van der Waals surface area contributed by atoms with Crippen molar-refractivity contribution in [2.24, 2.45) is 4.99 Å². The quantitative estimate of drug-likeness (QED) is 0.250. The Kier molecular flexibility index (Phi) is 9.43. The highest BCUT2D eigenvalue weighted by Crippen LogP contribution is 2.15. The minimum Gasteiger partial charge on any atom is -0.469 e. The number of nitrogens with one attached hydrogen (secondary N) is 2. The van der Waals surface area contributed by atoms with Gasteiger partial charge in [0.2, 0.25) is 0 Å². The molecule has 1 heterocycles. The highest BCUT2D eigenvalue weighted by Gasteiger charge is 2.10. The third-order valence-electron chi connectivity index (χ3n) is 3.92. The lowest BCUT2D eigenvalue weighted by Crippen LogP contribution is -2.43. The zero-order valence-electron chi connectivity index (χ0n) is 16.4. The van der Waals surface area contributed by atoms with Crippen LogP contribution < -0.4 is 10.6 Å². The predicted octanol–water partition coefficient (Wildman–Crippen LogP) is 2.97. The van der Waals surface area contributed by atoms with Gasteiger partial charge in [-0.2, -0.15) is 0 Å². The number of furan rings is 1. The maximum atomic E-state index is 11.4. The topological polar surface area (TPSA) is 83.7 Å². The molecule has 1 unspecified atom stereocenters. The molecule has 0 radical (unpaired) electrons. The van der Waals surface area contributed by atoms with Crippen molar-refractivity contribution < 1.29 is 12.8 Å². The average molecular weight is 424 g/mol. The van der Waals surface area contributed by atoms with Crippen molar-refractivity contribution in [2.45, 2.75) is 30.7 Å². The molecule has 0 saturated heterocycles. The second-order valence-electron chi connectivity index (χ2n) is 6.61. The second kappa shape index (κ2) is 11.8. The van der Waals surface area contributed by atoms with Crippen LogP contribution in [0.4, 0.5) is 0 Å². The van der Waals surface area contributed by atoms with Crippen molar-refractivity contribution in [3.05, 3.63) is 54.5 Å². The van der Waals surface area contributed by atoms with Gasteiger partial charge in [-0.3, -0.25) is 4.99 Å². The summed E-state index contributed by atoms with van der Waals surface area (Å²) in [4.78, 5) is 5.83. The minimum atomic E-state index is -2.97. The SMILES string of the molecule is CC(CCS(C)(=O)=O)NC(=NCCc1ccco1)NCCSc1ccccc1. The van der Waals surface area contributed by atoms with Crippen molar-refractivity contribution in [3.8, 4) is 0 Å². The first-order valence-electron chi connectivity index (χ1n) is 9.35. The van der Waals surface area contributed by atoms with E-state index in [1.807, 2.05) is 37.3 Å². The Labute approximate surface area is 172 Å². The van der Waals surface area contributed by atoms with Gasteiger partial charge in [-0.25, -0.2) is 8.42 Å². The molecule has 2 rings (SSSR count). The molecule has 0 fully saturated rings. The number of hydrogen-bond acceptors (Lipinski definition) is 5. The molecule has 28 heavy (non-hydrogen) atoms. The van der Waals surface area contributed by atoms with Crippen molar-refractivity contribution in [1.82, 2.24) is 10.6 Å². The molecule has 2 N–H and O–H groups in total. The van der Waals surface area contributed by atoms with Gasteiger partial charge in [0.15, 0.2) is 5.96 Å². The van der Waals surface area contributed by atoms with Crippen LogP contribution in [0.1, 0.15) is 19.1 Å². The van der Waals surface area contributed by atoms with E-state index in [-0.39, 0.29) is 11.8 Å². The van der Waals surface area contributed by atoms with Crippen molar-refractivity contribution in [1.29, 1.82) is 0 Å². The molecule has 0 amide bonds. The highest BCUT2D eigenvalue weighted by atomic mass is 32.2. The first kappa shape index (κ1) is 22.4. The van der Waals surface area contributed by atoms with Crippen LogP contribution in [-0.4, -0.2) is 51.3 Å². The van der Waals surface area contributed by atoms with Gasteiger partial charge in [-0.15, -0.1) is 11.8 Å². The fourth-order valence-electron chi connectivity index (χ4n) is 2.44. The highest BCUT2D eigenvalue weighted by molar-refractivity contribution is 7.99. The molecule has 0 aliphatic heterocycles. The van der Waals surface area contributed by atoms with E-state index in [1.54, 1.807) is 18.0 Å². The smallest absolute Gasteiger partial charge is 0.191 e. The van der Waals surface area contributed by atoms with Gasteiger partial charge in [0, 0.05) is 42.5 Å². The Morgan fingerprint density at radius 2 is 2.00 bits per heavy atom.